The van der Waals surface area contributed by atoms with Crippen LogP contribution in [-0.2, 0) is 19.1 Å². The van der Waals surface area contributed by atoms with E-state index in [1.54, 1.807) is 6.92 Å². The molecule has 0 amide bonds. The first-order chi connectivity index (χ1) is 7.59. The first-order valence-electron chi connectivity index (χ1n) is 5.30. The van der Waals surface area contributed by atoms with Gasteiger partial charge in [0.2, 0.25) is 0 Å². The van der Waals surface area contributed by atoms with Crippen LogP contribution in [0.5, 0.6) is 0 Å². The van der Waals surface area contributed by atoms with Crippen LogP contribution < -0.4 is 0 Å². The van der Waals surface area contributed by atoms with Gasteiger partial charge < -0.3 is 14.4 Å². The van der Waals surface area contributed by atoms with Gasteiger partial charge in [-0.2, -0.15) is 0 Å². The Bertz CT molecular complexity index is 284. The van der Waals surface area contributed by atoms with Crippen LogP contribution in [0.3, 0.4) is 0 Å². The molecule has 1 aliphatic heterocycles. The van der Waals surface area contributed by atoms with E-state index in [-0.39, 0.29) is 19.2 Å². The molecule has 0 N–H and O–H groups in total. The Morgan fingerprint density at radius 2 is 1.88 bits per heavy atom. The zero-order chi connectivity index (χ0) is 12.0. The van der Waals surface area contributed by atoms with Gasteiger partial charge in [-0.15, -0.1) is 0 Å². The molecule has 0 aromatic carbocycles. The van der Waals surface area contributed by atoms with Crippen molar-refractivity contribution in [2.45, 2.75) is 13.3 Å². The monoisotopic (exact) mass is 227 g/mol. The van der Waals surface area contributed by atoms with Crippen LogP contribution in [0.15, 0.2) is 12.2 Å². The molecule has 0 radical (unpaired) electrons. The van der Waals surface area contributed by atoms with E-state index in [9.17, 15) is 9.59 Å². The number of ether oxygens (including phenoxy) is 2. The van der Waals surface area contributed by atoms with Gasteiger partial charge in [-0.25, -0.2) is 4.79 Å². The summed E-state index contributed by atoms with van der Waals surface area (Å²) in [6.45, 7) is 8.10. The van der Waals surface area contributed by atoms with Crippen molar-refractivity contribution in [1.82, 2.24) is 4.90 Å². The maximum atomic E-state index is 11.1. The number of esters is 2. The second kappa shape index (κ2) is 6.27. The SMILES string of the molecule is C=C(C)C(=O)OCCOC(=O)CCN1CC1. The summed E-state index contributed by atoms with van der Waals surface area (Å²) in [5.41, 5.74) is 0.341. The van der Waals surface area contributed by atoms with Gasteiger partial charge in [-0.05, 0) is 6.92 Å². The van der Waals surface area contributed by atoms with E-state index < -0.39 is 5.97 Å². The van der Waals surface area contributed by atoms with Crippen LogP contribution in [0.2, 0.25) is 0 Å². The molecule has 90 valence electrons. The first-order valence-corrected chi connectivity index (χ1v) is 5.30. The molecule has 1 fully saturated rings. The molecule has 1 saturated heterocycles. The molecule has 0 unspecified atom stereocenters. The van der Waals surface area contributed by atoms with Crippen molar-refractivity contribution >= 4 is 11.9 Å². The molecule has 5 nitrogen and oxygen atoms in total. The first kappa shape index (κ1) is 12.7. The summed E-state index contributed by atoms with van der Waals surface area (Å²) < 4.78 is 9.64. The highest BCUT2D eigenvalue weighted by Crippen LogP contribution is 2.04. The molecule has 1 aliphatic rings. The summed E-state index contributed by atoms with van der Waals surface area (Å²) in [4.78, 5) is 24.2. The molecule has 0 spiro atoms. The number of carbonyl (C=O) groups is 2. The Morgan fingerprint density at radius 3 is 2.44 bits per heavy atom. The van der Waals surface area contributed by atoms with Gasteiger partial charge in [-0.3, -0.25) is 4.79 Å². The highest BCUT2D eigenvalue weighted by atomic mass is 16.6. The standard InChI is InChI=1S/C11H17NO4/c1-9(2)11(14)16-8-7-15-10(13)3-4-12-5-6-12/h1,3-8H2,2H3. The molecule has 0 aliphatic carbocycles. The molecule has 1 rings (SSSR count). The summed E-state index contributed by atoms with van der Waals surface area (Å²) in [5, 5.41) is 0. The topological polar surface area (TPSA) is 55.6 Å². The Morgan fingerprint density at radius 1 is 1.25 bits per heavy atom. The Kier molecular flexibility index (Phi) is 4.98. The lowest BCUT2D eigenvalue weighted by Gasteiger charge is -2.06. The van der Waals surface area contributed by atoms with Crippen molar-refractivity contribution in [3.63, 3.8) is 0 Å². The van der Waals surface area contributed by atoms with E-state index in [2.05, 4.69) is 11.5 Å². The van der Waals surface area contributed by atoms with Crippen molar-refractivity contribution in [1.29, 1.82) is 0 Å². The quantitative estimate of drug-likeness (QED) is 0.272. The maximum Gasteiger partial charge on any atom is 0.333 e. The fourth-order valence-electron chi connectivity index (χ4n) is 1.03. The van der Waals surface area contributed by atoms with E-state index in [0.717, 1.165) is 19.6 Å². The number of hydrogen-bond acceptors (Lipinski definition) is 5. The smallest absolute Gasteiger partial charge is 0.333 e. The Hall–Kier alpha value is -1.36. The third-order valence-corrected chi connectivity index (χ3v) is 2.10. The Balaban J connectivity index is 1.94. The summed E-state index contributed by atoms with van der Waals surface area (Å²) in [6.07, 6.45) is 0.397. The average Bonchev–Trinajstić information content (AvgIpc) is 3.04. The second-order valence-electron chi connectivity index (χ2n) is 3.73. The van der Waals surface area contributed by atoms with Crippen molar-refractivity contribution in [2.24, 2.45) is 0 Å². The van der Waals surface area contributed by atoms with Crippen LogP contribution in [0.1, 0.15) is 13.3 Å². The molecule has 16 heavy (non-hydrogen) atoms. The molecular weight excluding hydrogens is 210 g/mol. The third-order valence-electron chi connectivity index (χ3n) is 2.10. The highest BCUT2D eigenvalue weighted by molar-refractivity contribution is 5.86. The van der Waals surface area contributed by atoms with Crippen LogP contribution in [0.25, 0.3) is 0 Å². The van der Waals surface area contributed by atoms with E-state index in [1.807, 2.05) is 0 Å². The number of carbonyl (C=O) groups excluding carboxylic acids is 2. The van der Waals surface area contributed by atoms with Gasteiger partial charge >= 0.3 is 11.9 Å². The third kappa shape index (κ3) is 5.50. The minimum atomic E-state index is -0.458. The van der Waals surface area contributed by atoms with Crippen LogP contribution in [0, 0.1) is 0 Å². The zero-order valence-electron chi connectivity index (χ0n) is 9.53. The normalized spacial score (nSPS) is 14.3. The largest absolute Gasteiger partial charge is 0.462 e. The molecule has 0 saturated carbocycles. The van der Waals surface area contributed by atoms with Crippen molar-refractivity contribution in [3.8, 4) is 0 Å². The number of hydrogen-bond donors (Lipinski definition) is 0. The van der Waals surface area contributed by atoms with Gasteiger partial charge in [-0.1, -0.05) is 6.58 Å². The van der Waals surface area contributed by atoms with Gasteiger partial charge in [0.05, 0.1) is 6.42 Å². The van der Waals surface area contributed by atoms with Crippen molar-refractivity contribution < 1.29 is 19.1 Å². The minimum absolute atomic E-state index is 0.0845. The van der Waals surface area contributed by atoms with Crippen LogP contribution in [-0.4, -0.2) is 49.7 Å². The van der Waals surface area contributed by atoms with E-state index in [1.165, 1.54) is 0 Å². The lowest BCUT2D eigenvalue weighted by Crippen LogP contribution is -2.16. The lowest BCUT2D eigenvalue weighted by molar-refractivity contribution is -0.150. The van der Waals surface area contributed by atoms with Gasteiger partial charge in [0, 0.05) is 25.2 Å². The molecule has 0 aromatic rings. The van der Waals surface area contributed by atoms with Gasteiger partial charge in [0.15, 0.2) is 0 Å². The summed E-state index contributed by atoms with van der Waals surface area (Å²) in [5.74, 6) is -0.710. The molecule has 0 aromatic heterocycles. The average molecular weight is 227 g/mol. The zero-order valence-corrected chi connectivity index (χ0v) is 9.53. The second-order valence-corrected chi connectivity index (χ2v) is 3.73. The molecule has 0 bridgehead atoms. The molecular formula is C11H17NO4. The van der Waals surface area contributed by atoms with Crippen molar-refractivity contribution in [3.05, 3.63) is 12.2 Å². The highest BCUT2D eigenvalue weighted by Gasteiger charge is 2.18. The van der Waals surface area contributed by atoms with Crippen LogP contribution >= 0.6 is 0 Å². The Labute approximate surface area is 95.0 Å². The molecule has 1 heterocycles. The fraction of sp³-hybridized carbons (Fsp3) is 0.636. The minimum Gasteiger partial charge on any atom is -0.462 e. The maximum absolute atomic E-state index is 11.1. The van der Waals surface area contributed by atoms with Gasteiger partial charge in [0.1, 0.15) is 13.2 Å². The van der Waals surface area contributed by atoms with Crippen molar-refractivity contribution in [2.75, 3.05) is 32.8 Å². The van der Waals surface area contributed by atoms with Crippen LogP contribution in [0.4, 0.5) is 0 Å². The summed E-state index contributed by atoms with van der Waals surface area (Å²) in [7, 11) is 0. The van der Waals surface area contributed by atoms with E-state index >= 15 is 0 Å². The number of rotatable bonds is 7. The molecule has 0 atom stereocenters. The van der Waals surface area contributed by atoms with E-state index in [4.69, 9.17) is 9.47 Å². The predicted molar refractivity (Wildman–Crippen MR) is 57.8 cm³/mol. The number of nitrogens with zero attached hydrogens (tertiary/aromatic N) is 1. The predicted octanol–water partition coefficient (Wildman–Crippen LogP) is 0.355. The fourth-order valence-corrected chi connectivity index (χ4v) is 1.03. The lowest BCUT2D eigenvalue weighted by atomic mass is 10.4. The van der Waals surface area contributed by atoms with Gasteiger partial charge in [0.25, 0.3) is 0 Å². The summed E-state index contributed by atoms with van der Waals surface area (Å²) >= 11 is 0. The summed E-state index contributed by atoms with van der Waals surface area (Å²) in [6, 6.07) is 0. The molecule has 5 heteroatoms. The van der Waals surface area contributed by atoms with E-state index in [0.29, 0.717) is 12.0 Å².